The smallest absolute Gasteiger partial charge is 0.313 e. The lowest BCUT2D eigenvalue weighted by molar-refractivity contribution is -0.137. The highest BCUT2D eigenvalue weighted by atomic mass is 35.5. The molecule has 1 aliphatic carbocycles. The van der Waals surface area contributed by atoms with Crippen LogP contribution in [0.15, 0.2) is 29.3 Å². The molecular formula is C35H56ClN9O7. The number of hydrogen-bond acceptors (Lipinski definition) is 9. The third kappa shape index (κ3) is 15.3. The highest BCUT2D eigenvalue weighted by Crippen LogP contribution is 2.40. The SMILES string of the molecule is COCCOCCNC(=O)CCC(=O)N[C@@H](CCCN=C(N)N)C(=O)NCCN1CCC(NC(=O)C(=O)Nc2ccc(Cl)cc2)CC12CCCCC2. The van der Waals surface area contributed by atoms with Crippen molar-refractivity contribution in [2.24, 2.45) is 16.5 Å². The number of rotatable bonds is 20. The number of anilines is 1. The Hall–Kier alpha value is -3.99. The molecule has 1 spiro atoms. The maximum absolute atomic E-state index is 13.4. The van der Waals surface area contributed by atoms with E-state index >= 15 is 0 Å². The van der Waals surface area contributed by atoms with E-state index in [0.29, 0.717) is 88.9 Å². The summed E-state index contributed by atoms with van der Waals surface area (Å²) in [6, 6.07) is 5.56. The van der Waals surface area contributed by atoms with Gasteiger partial charge in [0.25, 0.3) is 0 Å². The summed E-state index contributed by atoms with van der Waals surface area (Å²) in [5.74, 6) is -2.50. The van der Waals surface area contributed by atoms with Gasteiger partial charge >= 0.3 is 11.8 Å². The fourth-order valence-corrected chi connectivity index (χ4v) is 6.84. The maximum Gasteiger partial charge on any atom is 0.313 e. The molecule has 17 heteroatoms. The molecule has 2 atom stereocenters. The molecule has 1 heterocycles. The van der Waals surface area contributed by atoms with E-state index in [1.165, 1.54) is 0 Å². The zero-order chi connectivity index (χ0) is 37.8. The van der Waals surface area contributed by atoms with Crippen LogP contribution in [0, 0.1) is 0 Å². The monoisotopic (exact) mass is 749 g/mol. The zero-order valence-corrected chi connectivity index (χ0v) is 30.9. The zero-order valence-electron chi connectivity index (χ0n) is 30.2. The minimum Gasteiger partial charge on any atom is -0.382 e. The molecule has 290 valence electrons. The number of ether oxygens (including phenoxy) is 2. The number of carbonyl (C=O) groups excluding carboxylic acids is 5. The van der Waals surface area contributed by atoms with Gasteiger partial charge in [0.15, 0.2) is 5.96 Å². The van der Waals surface area contributed by atoms with Crippen LogP contribution in [0.3, 0.4) is 0 Å². The Kier molecular flexibility index (Phi) is 18.6. The van der Waals surface area contributed by atoms with Gasteiger partial charge in [0, 0.05) is 75.0 Å². The van der Waals surface area contributed by atoms with Gasteiger partial charge in [-0.05, 0) is 62.8 Å². The minimum absolute atomic E-state index is 0.0300. The summed E-state index contributed by atoms with van der Waals surface area (Å²) in [5.41, 5.74) is 11.2. The fourth-order valence-electron chi connectivity index (χ4n) is 6.71. The Morgan fingerprint density at radius 3 is 2.40 bits per heavy atom. The highest BCUT2D eigenvalue weighted by molar-refractivity contribution is 6.39. The van der Waals surface area contributed by atoms with Crippen LogP contribution in [0.1, 0.15) is 70.6 Å². The number of benzene rings is 1. The molecule has 1 saturated carbocycles. The number of nitrogens with two attached hydrogens (primary N) is 2. The van der Waals surface area contributed by atoms with Gasteiger partial charge in [-0.2, -0.15) is 0 Å². The number of nitrogens with one attached hydrogen (secondary N) is 5. The number of amides is 5. The lowest BCUT2D eigenvalue weighted by Gasteiger charge is -2.52. The van der Waals surface area contributed by atoms with E-state index in [2.05, 4.69) is 36.5 Å². The van der Waals surface area contributed by atoms with Crippen molar-refractivity contribution in [3.05, 3.63) is 29.3 Å². The summed E-state index contributed by atoms with van der Waals surface area (Å²) in [5, 5.41) is 14.6. The van der Waals surface area contributed by atoms with E-state index < -0.39 is 23.8 Å². The second-order valence-corrected chi connectivity index (χ2v) is 13.6. The molecule has 1 unspecified atom stereocenters. The van der Waals surface area contributed by atoms with Crippen LogP contribution in [0.4, 0.5) is 5.69 Å². The second-order valence-electron chi connectivity index (χ2n) is 13.2. The summed E-state index contributed by atoms with van der Waals surface area (Å²) in [4.78, 5) is 70.1. The van der Waals surface area contributed by atoms with E-state index in [1.54, 1.807) is 31.4 Å². The van der Waals surface area contributed by atoms with Crippen molar-refractivity contribution in [2.75, 3.05) is 65.0 Å². The van der Waals surface area contributed by atoms with Crippen LogP contribution < -0.4 is 38.1 Å². The number of hydrogen-bond donors (Lipinski definition) is 7. The summed E-state index contributed by atoms with van der Waals surface area (Å²) in [6.07, 6.45) is 7.20. The quantitative estimate of drug-likeness (QED) is 0.0429. The normalized spacial score (nSPS) is 17.4. The van der Waals surface area contributed by atoms with Crippen LogP contribution in [-0.4, -0.2) is 118 Å². The lowest BCUT2D eigenvalue weighted by Crippen LogP contribution is -2.61. The largest absolute Gasteiger partial charge is 0.382 e. The molecule has 16 nitrogen and oxygen atoms in total. The molecule has 2 aliphatic rings. The van der Waals surface area contributed by atoms with Crippen molar-refractivity contribution < 1.29 is 33.4 Å². The maximum atomic E-state index is 13.4. The van der Waals surface area contributed by atoms with Crippen molar-refractivity contribution in [1.29, 1.82) is 0 Å². The number of nitrogens with zero attached hydrogens (tertiary/aromatic N) is 2. The molecule has 1 saturated heterocycles. The molecule has 52 heavy (non-hydrogen) atoms. The van der Waals surface area contributed by atoms with Crippen LogP contribution >= 0.6 is 11.6 Å². The number of guanidine groups is 1. The van der Waals surface area contributed by atoms with Crippen molar-refractivity contribution in [3.8, 4) is 0 Å². The first-order valence-corrected chi connectivity index (χ1v) is 18.5. The third-order valence-electron chi connectivity index (χ3n) is 9.33. The molecule has 5 amide bonds. The molecule has 2 fully saturated rings. The van der Waals surface area contributed by atoms with Crippen molar-refractivity contribution >= 4 is 52.8 Å². The Bertz CT molecular complexity index is 1340. The van der Waals surface area contributed by atoms with E-state index in [4.69, 9.17) is 32.5 Å². The summed E-state index contributed by atoms with van der Waals surface area (Å²) >= 11 is 5.92. The Balaban J connectivity index is 1.50. The molecule has 0 bridgehead atoms. The van der Waals surface area contributed by atoms with Gasteiger partial charge in [0.1, 0.15) is 6.04 Å². The van der Waals surface area contributed by atoms with E-state index in [9.17, 15) is 24.0 Å². The van der Waals surface area contributed by atoms with Crippen molar-refractivity contribution in [1.82, 2.24) is 26.2 Å². The van der Waals surface area contributed by atoms with E-state index in [-0.39, 0.29) is 42.2 Å². The molecule has 0 radical (unpaired) electrons. The highest BCUT2D eigenvalue weighted by Gasteiger charge is 2.43. The van der Waals surface area contributed by atoms with Crippen molar-refractivity contribution in [3.63, 3.8) is 0 Å². The molecule has 9 N–H and O–H groups in total. The number of aliphatic imine (C=N–C) groups is 1. The van der Waals surface area contributed by atoms with Gasteiger partial charge in [-0.15, -0.1) is 0 Å². The Labute approximate surface area is 310 Å². The average Bonchev–Trinajstić information content (AvgIpc) is 3.12. The van der Waals surface area contributed by atoms with Gasteiger partial charge in [-0.1, -0.05) is 30.9 Å². The average molecular weight is 750 g/mol. The Morgan fingerprint density at radius 2 is 1.69 bits per heavy atom. The first kappa shape index (κ1) is 42.4. The van der Waals surface area contributed by atoms with Crippen LogP contribution in [0.2, 0.25) is 5.02 Å². The summed E-state index contributed by atoms with van der Waals surface area (Å²) in [6.45, 7) is 3.48. The Morgan fingerprint density at radius 1 is 0.962 bits per heavy atom. The van der Waals surface area contributed by atoms with E-state index in [1.807, 2.05) is 0 Å². The molecule has 1 aromatic carbocycles. The number of halogens is 1. The van der Waals surface area contributed by atoms with Gasteiger partial charge in [0.2, 0.25) is 17.7 Å². The molecule has 1 aromatic rings. The predicted octanol–water partition coefficient (Wildman–Crippen LogP) is 0.776. The third-order valence-corrected chi connectivity index (χ3v) is 9.58. The first-order chi connectivity index (χ1) is 25.0. The van der Waals surface area contributed by atoms with Crippen molar-refractivity contribution in [2.45, 2.75) is 88.3 Å². The topological polar surface area (TPSA) is 232 Å². The minimum atomic E-state index is -0.831. The number of piperidine rings is 1. The number of carbonyl (C=O) groups is 5. The van der Waals surface area contributed by atoms with Gasteiger partial charge in [-0.25, -0.2) is 0 Å². The fraction of sp³-hybridized carbons (Fsp3) is 0.657. The van der Waals surface area contributed by atoms with E-state index in [0.717, 1.165) is 32.1 Å². The van der Waals surface area contributed by atoms with Crippen LogP contribution in [-0.2, 0) is 33.4 Å². The molecule has 1 aliphatic heterocycles. The summed E-state index contributed by atoms with van der Waals surface area (Å²) in [7, 11) is 1.58. The van der Waals surface area contributed by atoms with Gasteiger partial charge in [-0.3, -0.25) is 33.9 Å². The van der Waals surface area contributed by atoms with Crippen LogP contribution in [0.5, 0.6) is 0 Å². The van der Waals surface area contributed by atoms with Crippen LogP contribution in [0.25, 0.3) is 0 Å². The predicted molar refractivity (Wildman–Crippen MR) is 198 cm³/mol. The molecule has 3 rings (SSSR count). The number of likely N-dealkylation sites (tertiary alicyclic amines) is 1. The summed E-state index contributed by atoms with van der Waals surface area (Å²) < 4.78 is 10.2. The second kappa shape index (κ2) is 22.8. The van der Waals surface area contributed by atoms with Gasteiger partial charge in [0.05, 0.1) is 19.8 Å². The first-order valence-electron chi connectivity index (χ1n) is 18.1. The molecule has 0 aromatic heterocycles. The molecular weight excluding hydrogens is 694 g/mol. The van der Waals surface area contributed by atoms with Gasteiger partial charge < -0.3 is 47.5 Å². The standard InChI is InChI=1S/C35H56ClN9O7/c1-51-22-23-52-21-18-39-29(46)11-12-30(47)44-28(6-5-16-41-34(37)38)31(48)40-17-20-45-19-13-27(24-35(45)14-3-2-4-15-35)43-33(50)32(49)42-26-9-7-25(36)8-10-26/h7-10,27-28H,2-6,11-24H2,1H3,(H,39,46)(H,40,48)(H,42,49)(H,43,50)(H,44,47)(H4,37,38,41)/t27?,28-/m0/s1. The lowest BCUT2D eigenvalue weighted by atomic mass is 9.73. The number of methoxy groups -OCH3 is 1.